The van der Waals surface area contributed by atoms with Crippen LogP contribution in [0.2, 0.25) is 0 Å². The number of hydrogen-bond acceptors (Lipinski definition) is 9. The van der Waals surface area contributed by atoms with Gasteiger partial charge in [0, 0.05) is 6.61 Å². The first-order chi connectivity index (χ1) is 12.6. The molecule has 0 aliphatic carbocycles. The summed E-state index contributed by atoms with van der Waals surface area (Å²) < 4.78 is 56.9. The van der Waals surface area contributed by atoms with Crippen molar-refractivity contribution in [1.82, 2.24) is 0 Å². The van der Waals surface area contributed by atoms with Crippen molar-refractivity contribution in [3.63, 3.8) is 0 Å². The van der Waals surface area contributed by atoms with E-state index in [1.54, 1.807) is 0 Å². The number of rotatable bonds is 11. The first-order valence-electron chi connectivity index (χ1n) is 7.76. The van der Waals surface area contributed by atoms with Gasteiger partial charge in [-0.05, 0) is 6.42 Å². The molecule has 0 aromatic heterocycles. The molecule has 1 rings (SSSR count). The smallest absolute Gasteiger partial charge is 0.379 e. The molecule has 1 saturated heterocycles. The van der Waals surface area contributed by atoms with E-state index in [-0.39, 0.29) is 6.61 Å². The van der Waals surface area contributed by atoms with Crippen molar-refractivity contribution in [2.75, 3.05) is 13.2 Å². The highest BCUT2D eigenvalue weighted by molar-refractivity contribution is 7.47. The summed E-state index contributed by atoms with van der Waals surface area (Å²) in [5.74, 6) is 0. The topological polar surface area (TPSA) is 239 Å². The van der Waals surface area contributed by atoms with E-state index in [2.05, 4.69) is 13.6 Å². The third-order valence-corrected chi connectivity index (χ3v) is 4.86. The standard InChI is InChI=1S/C10H23O15P3/c1-2-3-4-21-5-6-7(23-26(12,13)14)8(24-27(15,16)17)9(10(11)22-6)25-28(18,19)20/h6-11H,2-5H2,1H3,(H2,12,13,14)(H2,15,16,17)(H2,18,19,20)/t6-,7+,8+,9+,10+/m1/s1. The highest BCUT2D eigenvalue weighted by Gasteiger charge is 2.53. The Kier molecular flexibility index (Phi) is 9.83. The molecule has 168 valence electrons. The average molecular weight is 476 g/mol. The summed E-state index contributed by atoms with van der Waals surface area (Å²) in [6.45, 7) is 1.59. The van der Waals surface area contributed by atoms with E-state index in [0.717, 1.165) is 6.42 Å². The van der Waals surface area contributed by atoms with Crippen LogP contribution in [-0.4, -0.2) is 78.4 Å². The Bertz CT molecular complexity index is 624. The molecule has 1 aliphatic heterocycles. The highest BCUT2D eigenvalue weighted by atomic mass is 31.2. The molecule has 0 bridgehead atoms. The van der Waals surface area contributed by atoms with E-state index in [4.69, 9.17) is 38.8 Å². The van der Waals surface area contributed by atoms with E-state index >= 15 is 0 Å². The maximum atomic E-state index is 11.3. The molecule has 0 aromatic carbocycles. The van der Waals surface area contributed by atoms with Crippen molar-refractivity contribution in [3.8, 4) is 0 Å². The molecule has 5 atom stereocenters. The number of aliphatic hydroxyl groups excluding tert-OH is 1. The normalized spacial score (nSPS) is 29.8. The molecule has 0 spiro atoms. The number of phosphoric ester groups is 3. The molecule has 0 radical (unpaired) electrons. The van der Waals surface area contributed by atoms with Gasteiger partial charge in [-0.25, -0.2) is 13.7 Å². The van der Waals surface area contributed by atoms with Crippen LogP contribution in [0.15, 0.2) is 0 Å². The molecule has 15 nitrogen and oxygen atoms in total. The second kappa shape index (κ2) is 10.5. The van der Waals surface area contributed by atoms with Gasteiger partial charge in [-0.15, -0.1) is 0 Å². The van der Waals surface area contributed by atoms with Crippen molar-refractivity contribution in [3.05, 3.63) is 0 Å². The van der Waals surface area contributed by atoms with Crippen LogP contribution in [0.25, 0.3) is 0 Å². The van der Waals surface area contributed by atoms with Crippen LogP contribution < -0.4 is 0 Å². The minimum atomic E-state index is -5.40. The van der Waals surface area contributed by atoms with Gasteiger partial charge < -0.3 is 43.9 Å². The van der Waals surface area contributed by atoms with E-state index in [9.17, 15) is 18.8 Å². The maximum absolute atomic E-state index is 11.3. The molecule has 1 aliphatic rings. The zero-order valence-electron chi connectivity index (χ0n) is 14.5. The molecule has 18 heteroatoms. The lowest BCUT2D eigenvalue weighted by molar-refractivity contribution is -0.279. The monoisotopic (exact) mass is 476 g/mol. The van der Waals surface area contributed by atoms with Crippen LogP contribution >= 0.6 is 23.5 Å². The minimum absolute atomic E-state index is 0.182. The SMILES string of the molecule is CCCCOC[C@H]1O[C@H](O)[C@@H](OP(=O)(O)O)[C@@H](OP(=O)(O)O)[C@H]1OP(=O)(O)O. The fraction of sp³-hybridized carbons (Fsp3) is 1.00. The van der Waals surface area contributed by atoms with Gasteiger partial charge in [-0.3, -0.25) is 13.6 Å². The van der Waals surface area contributed by atoms with Crippen LogP contribution in [0, 0.1) is 0 Å². The largest absolute Gasteiger partial charge is 0.470 e. The van der Waals surface area contributed by atoms with Crippen molar-refractivity contribution in [1.29, 1.82) is 0 Å². The molecular formula is C10H23O15P3. The van der Waals surface area contributed by atoms with Crippen LogP contribution in [-0.2, 0) is 36.7 Å². The van der Waals surface area contributed by atoms with Crippen LogP contribution in [0.4, 0.5) is 0 Å². The van der Waals surface area contributed by atoms with Crippen LogP contribution in [0.3, 0.4) is 0 Å². The zero-order valence-corrected chi connectivity index (χ0v) is 17.1. The van der Waals surface area contributed by atoms with E-state index in [1.807, 2.05) is 6.92 Å². The van der Waals surface area contributed by atoms with Gasteiger partial charge in [0.05, 0.1) is 6.61 Å². The van der Waals surface area contributed by atoms with Crippen LogP contribution in [0.1, 0.15) is 19.8 Å². The molecule has 7 N–H and O–H groups in total. The Hall–Kier alpha value is 0.210. The molecule has 0 amide bonds. The quantitative estimate of drug-likeness (QED) is 0.139. The summed E-state index contributed by atoms with van der Waals surface area (Å²) in [6, 6.07) is 0. The highest BCUT2D eigenvalue weighted by Crippen LogP contribution is 2.49. The summed E-state index contributed by atoms with van der Waals surface area (Å²) >= 11 is 0. The van der Waals surface area contributed by atoms with Gasteiger partial charge in [-0.2, -0.15) is 0 Å². The zero-order chi connectivity index (χ0) is 21.8. The van der Waals surface area contributed by atoms with E-state index in [0.29, 0.717) is 6.42 Å². The van der Waals surface area contributed by atoms with Crippen molar-refractivity contribution in [2.24, 2.45) is 0 Å². The molecule has 1 fully saturated rings. The molecule has 28 heavy (non-hydrogen) atoms. The van der Waals surface area contributed by atoms with Gasteiger partial charge in [-0.1, -0.05) is 13.3 Å². The van der Waals surface area contributed by atoms with Crippen molar-refractivity contribution >= 4 is 23.5 Å². The van der Waals surface area contributed by atoms with Crippen molar-refractivity contribution < 1.29 is 71.2 Å². The number of hydrogen-bond donors (Lipinski definition) is 7. The van der Waals surface area contributed by atoms with Crippen LogP contribution in [0.5, 0.6) is 0 Å². The van der Waals surface area contributed by atoms with E-state index < -0.39 is 60.8 Å². The van der Waals surface area contributed by atoms with Gasteiger partial charge >= 0.3 is 23.5 Å². The van der Waals surface area contributed by atoms with Gasteiger partial charge in [0.15, 0.2) is 6.29 Å². The average Bonchev–Trinajstić information content (AvgIpc) is 2.47. The number of unbranched alkanes of at least 4 members (excludes halogenated alkanes) is 1. The molecule has 1 heterocycles. The lowest BCUT2D eigenvalue weighted by atomic mass is 9.99. The minimum Gasteiger partial charge on any atom is -0.379 e. The third-order valence-electron chi connectivity index (χ3n) is 3.31. The molecular weight excluding hydrogens is 453 g/mol. The van der Waals surface area contributed by atoms with E-state index in [1.165, 1.54) is 0 Å². The first-order valence-corrected chi connectivity index (χ1v) is 12.3. The Morgan fingerprint density at radius 3 is 1.75 bits per heavy atom. The maximum Gasteiger partial charge on any atom is 0.470 e. The third kappa shape index (κ3) is 9.81. The second-order valence-corrected chi connectivity index (χ2v) is 9.25. The van der Waals surface area contributed by atoms with Gasteiger partial charge in [0.2, 0.25) is 0 Å². The summed E-state index contributed by atoms with van der Waals surface area (Å²) in [7, 11) is -16.1. The number of ether oxygens (including phenoxy) is 2. The fourth-order valence-electron chi connectivity index (χ4n) is 2.31. The Balaban J connectivity index is 3.21. The Morgan fingerprint density at radius 2 is 1.29 bits per heavy atom. The number of phosphoric acid groups is 3. The first kappa shape index (κ1) is 26.2. The summed E-state index contributed by atoms with van der Waals surface area (Å²) in [6.07, 6.45) is -8.94. The summed E-state index contributed by atoms with van der Waals surface area (Å²) in [5.41, 5.74) is 0. The number of aliphatic hydroxyl groups is 1. The summed E-state index contributed by atoms with van der Waals surface area (Å²) in [4.78, 5) is 54.2. The molecule has 0 aromatic rings. The molecule has 0 unspecified atom stereocenters. The predicted octanol–water partition coefficient (Wildman–Crippen LogP) is -1.05. The predicted molar refractivity (Wildman–Crippen MR) is 87.4 cm³/mol. The Labute approximate surface area is 159 Å². The van der Waals surface area contributed by atoms with Crippen molar-refractivity contribution in [2.45, 2.75) is 50.5 Å². The van der Waals surface area contributed by atoms with Gasteiger partial charge in [0.25, 0.3) is 0 Å². The molecule has 0 saturated carbocycles. The summed E-state index contributed by atoms with van der Waals surface area (Å²) in [5, 5.41) is 9.96. The fourth-order valence-corrected chi connectivity index (χ4v) is 3.98. The Morgan fingerprint density at radius 1 is 0.821 bits per heavy atom. The second-order valence-electron chi connectivity index (χ2n) is 5.68. The lowest BCUT2D eigenvalue weighted by Crippen LogP contribution is -2.60. The van der Waals surface area contributed by atoms with Gasteiger partial charge in [0.1, 0.15) is 24.4 Å². The lowest BCUT2D eigenvalue weighted by Gasteiger charge is -2.43.